The summed E-state index contributed by atoms with van der Waals surface area (Å²) in [6.07, 6.45) is -1.03. The standard InChI is InChI=1S/C15H22N6O4/c1-19-2-4-20(5-3-19)13-10-14(17-7-16-13)21(8-18-10)15-12(24)11(23)9(6-22)25-15/h7-9,11-12,15,22-24H,2-6H2,1H3/t9-,11+,12-,15+/m0/s1. The summed E-state index contributed by atoms with van der Waals surface area (Å²) < 4.78 is 7.16. The third-order valence-corrected chi connectivity index (χ3v) is 4.93. The normalized spacial score (nSPS) is 31.1. The monoisotopic (exact) mass is 350 g/mol. The third-order valence-electron chi connectivity index (χ3n) is 4.93. The zero-order valence-corrected chi connectivity index (χ0v) is 13.9. The van der Waals surface area contributed by atoms with Crippen LogP contribution in [0.4, 0.5) is 5.82 Å². The van der Waals surface area contributed by atoms with Crippen LogP contribution in [-0.2, 0) is 4.74 Å². The fourth-order valence-electron chi connectivity index (χ4n) is 3.39. The van der Waals surface area contributed by atoms with E-state index in [2.05, 4.69) is 31.8 Å². The lowest BCUT2D eigenvalue weighted by atomic mass is 10.1. The number of aliphatic hydroxyl groups excluding tert-OH is 3. The molecule has 0 spiro atoms. The number of fused-ring (bicyclic) bond motifs is 1. The number of nitrogens with zero attached hydrogens (tertiary/aromatic N) is 6. The highest BCUT2D eigenvalue weighted by Gasteiger charge is 2.44. The second-order valence-electron chi connectivity index (χ2n) is 6.54. The van der Waals surface area contributed by atoms with Crippen molar-refractivity contribution in [3.63, 3.8) is 0 Å². The molecule has 2 aromatic heterocycles. The molecule has 0 aromatic carbocycles. The van der Waals surface area contributed by atoms with Crippen molar-refractivity contribution in [1.82, 2.24) is 24.4 Å². The Morgan fingerprint density at radius 2 is 1.88 bits per heavy atom. The molecule has 4 heterocycles. The Morgan fingerprint density at radius 3 is 2.56 bits per heavy atom. The highest BCUT2D eigenvalue weighted by Crippen LogP contribution is 2.32. The molecule has 2 aliphatic heterocycles. The van der Waals surface area contributed by atoms with Gasteiger partial charge in [0, 0.05) is 26.2 Å². The van der Waals surface area contributed by atoms with Gasteiger partial charge in [-0.25, -0.2) is 15.0 Å². The fourth-order valence-corrected chi connectivity index (χ4v) is 3.39. The van der Waals surface area contributed by atoms with E-state index in [-0.39, 0.29) is 6.61 Å². The number of imidazole rings is 1. The molecule has 2 saturated heterocycles. The molecule has 0 radical (unpaired) electrons. The molecule has 0 saturated carbocycles. The zero-order chi connectivity index (χ0) is 17.6. The van der Waals surface area contributed by atoms with E-state index in [1.807, 2.05) is 0 Å². The van der Waals surface area contributed by atoms with Crippen LogP contribution in [0.15, 0.2) is 12.7 Å². The second kappa shape index (κ2) is 6.46. The second-order valence-corrected chi connectivity index (χ2v) is 6.54. The predicted octanol–water partition coefficient (Wildman–Crippen LogP) is -1.81. The van der Waals surface area contributed by atoms with Crippen LogP contribution in [-0.4, -0.2) is 97.9 Å². The lowest BCUT2D eigenvalue weighted by Gasteiger charge is -2.33. The van der Waals surface area contributed by atoms with Gasteiger partial charge in [0.05, 0.1) is 12.9 Å². The minimum atomic E-state index is -1.17. The van der Waals surface area contributed by atoms with Gasteiger partial charge in [-0.05, 0) is 7.05 Å². The number of hydrogen-bond acceptors (Lipinski definition) is 9. The van der Waals surface area contributed by atoms with Gasteiger partial charge >= 0.3 is 0 Å². The largest absolute Gasteiger partial charge is 0.394 e. The molecule has 2 fully saturated rings. The molecule has 3 N–H and O–H groups in total. The Balaban J connectivity index is 1.68. The number of aromatic nitrogens is 4. The van der Waals surface area contributed by atoms with Crippen LogP contribution in [0.2, 0.25) is 0 Å². The summed E-state index contributed by atoms with van der Waals surface area (Å²) >= 11 is 0. The molecule has 0 aliphatic carbocycles. The maximum atomic E-state index is 10.2. The molecule has 136 valence electrons. The van der Waals surface area contributed by atoms with E-state index in [1.165, 1.54) is 12.7 Å². The molecule has 25 heavy (non-hydrogen) atoms. The Hall–Kier alpha value is -1.85. The summed E-state index contributed by atoms with van der Waals surface area (Å²) in [6, 6.07) is 0. The van der Waals surface area contributed by atoms with Gasteiger partial charge in [-0.2, -0.15) is 0 Å². The first-order valence-corrected chi connectivity index (χ1v) is 8.33. The number of likely N-dealkylation sites (N-methyl/N-ethyl adjacent to an activating group) is 1. The van der Waals surface area contributed by atoms with Crippen molar-refractivity contribution in [1.29, 1.82) is 0 Å². The molecular formula is C15H22N6O4. The molecule has 10 heteroatoms. The average molecular weight is 350 g/mol. The van der Waals surface area contributed by atoms with Gasteiger partial charge in [0.2, 0.25) is 0 Å². The van der Waals surface area contributed by atoms with E-state index in [1.54, 1.807) is 4.57 Å². The maximum Gasteiger partial charge on any atom is 0.167 e. The number of ether oxygens (including phenoxy) is 1. The molecule has 2 aliphatic rings. The Morgan fingerprint density at radius 1 is 1.12 bits per heavy atom. The molecule has 0 bridgehead atoms. The van der Waals surface area contributed by atoms with Gasteiger partial charge in [-0.1, -0.05) is 0 Å². The van der Waals surface area contributed by atoms with Crippen molar-refractivity contribution in [2.45, 2.75) is 24.5 Å². The maximum absolute atomic E-state index is 10.2. The van der Waals surface area contributed by atoms with Crippen molar-refractivity contribution in [2.75, 3.05) is 44.7 Å². The lowest BCUT2D eigenvalue weighted by Crippen LogP contribution is -2.44. The number of piperazine rings is 1. The summed E-state index contributed by atoms with van der Waals surface area (Å²) in [5.41, 5.74) is 1.16. The number of aliphatic hydroxyl groups is 3. The number of hydrogen-bond donors (Lipinski definition) is 3. The van der Waals surface area contributed by atoms with Gasteiger partial charge in [0.15, 0.2) is 23.2 Å². The Kier molecular flexibility index (Phi) is 4.29. The highest BCUT2D eigenvalue weighted by atomic mass is 16.6. The van der Waals surface area contributed by atoms with E-state index < -0.39 is 24.5 Å². The van der Waals surface area contributed by atoms with Crippen molar-refractivity contribution in [3.05, 3.63) is 12.7 Å². The SMILES string of the molecule is CN1CCN(c2ncnc3c2ncn3[C@@H]2O[C@@H](CO)[C@@H](O)[C@@H]2O)CC1. The van der Waals surface area contributed by atoms with Gasteiger partial charge in [-0.3, -0.25) is 4.57 Å². The first kappa shape index (κ1) is 16.6. The van der Waals surface area contributed by atoms with Gasteiger partial charge < -0.3 is 29.9 Å². The Bertz CT molecular complexity index is 747. The first-order valence-electron chi connectivity index (χ1n) is 8.33. The number of anilines is 1. The van der Waals surface area contributed by atoms with E-state index in [0.717, 1.165) is 32.0 Å². The van der Waals surface area contributed by atoms with Crippen molar-refractivity contribution >= 4 is 17.0 Å². The first-order chi connectivity index (χ1) is 12.1. The van der Waals surface area contributed by atoms with Crippen molar-refractivity contribution < 1.29 is 20.1 Å². The van der Waals surface area contributed by atoms with E-state index >= 15 is 0 Å². The summed E-state index contributed by atoms with van der Waals surface area (Å²) in [4.78, 5) is 17.5. The van der Waals surface area contributed by atoms with E-state index in [9.17, 15) is 15.3 Å². The molecular weight excluding hydrogens is 328 g/mol. The quantitative estimate of drug-likeness (QED) is 0.588. The highest BCUT2D eigenvalue weighted by molar-refractivity contribution is 5.83. The van der Waals surface area contributed by atoms with Crippen LogP contribution in [0.1, 0.15) is 6.23 Å². The van der Waals surface area contributed by atoms with Crippen LogP contribution >= 0.6 is 0 Å². The van der Waals surface area contributed by atoms with Crippen molar-refractivity contribution in [2.24, 2.45) is 0 Å². The number of rotatable bonds is 3. The molecule has 4 atom stereocenters. The van der Waals surface area contributed by atoms with Crippen LogP contribution in [0.25, 0.3) is 11.2 Å². The summed E-state index contributed by atoms with van der Waals surface area (Å²) in [6.45, 7) is 3.22. The van der Waals surface area contributed by atoms with E-state index in [0.29, 0.717) is 11.2 Å². The van der Waals surface area contributed by atoms with E-state index in [4.69, 9.17) is 4.74 Å². The third kappa shape index (κ3) is 2.75. The van der Waals surface area contributed by atoms with Crippen molar-refractivity contribution in [3.8, 4) is 0 Å². The van der Waals surface area contributed by atoms with Crippen LogP contribution in [0.3, 0.4) is 0 Å². The van der Waals surface area contributed by atoms with Gasteiger partial charge in [0.1, 0.15) is 24.6 Å². The van der Waals surface area contributed by atoms with Crippen LogP contribution < -0.4 is 4.90 Å². The molecule has 0 unspecified atom stereocenters. The van der Waals surface area contributed by atoms with Crippen LogP contribution in [0.5, 0.6) is 0 Å². The fraction of sp³-hybridized carbons (Fsp3) is 0.667. The lowest BCUT2D eigenvalue weighted by molar-refractivity contribution is -0.0511. The average Bonchev–Trinajstić information content (AvgIpc) is 3.17. The molecule has 4 rings (SSSR count). The summed E-state index contributed by atoms with van der Waals surface area (Å²) in [5, 5.41) is 29.5. The zero-order valence-electron chi connectivity index (χ0n) is 13.9. The van der Waals surface area contributed by atoms with Crippen LogP contribution in [0, 0.1) is 0 Å². The summed E-state index contributed by atoms with van der Waals surface area (Å²) in [7, 11) is 2.09. The minimum absolute atomic E-state index is 0.372. The Labute approximate surface area is 144 Å². The molecule has 2 aromatic rings. The smallest absolute Gasteiger partial charge is 0.167 e. The summed E-state index contributed by atoms with van der Waals surface area (Å²) in [5.74, 6) is 0.753. The molecule has 0 amide bonds. The van der Waals surface area contributed by atoms with Gasteiger partial charge in [0.25, 0.3) is 0 Å². The predicted molar refractivity (Wildman–Crippen MR) is 88.0 cm³/mol. The minimum Gasteiger partial charge on any atom is -0.394 e. The topological polar surface area (TPSA) is 120 Å². The molecule has 10 nitrogen and oxygen atoms in total. The van der Waals surface area contributed by atoms with Gasteiger partial charge in [-0.15, -0.1) is 0 Å².